The molecule has 22 heavy (non-hydrogen) atoms. The number of anilines is 1. The van der Waals surface area contributed by atoms with Crippen molar-refractivity contribution >= 4 is 28.3 Å². The van der Waals surface area contributed by atoms with Gasteiger partial charge in [0.1, 0.15) is 5.82 Å². The van der Waals surface area contributed by atoms with Crippen molar-refractivity contribution in [1.82, 2.24) is 4.98 Å². The first kappa shape index (κ1) is 16.1. The predicted octanol–water partition coefficient (Wildman–Crippen LogP) is 3.15. The number of ether oxygens (including phenoxy) is 1. The number of carbonyl (C=O) groups is 2. The Balaban J connectivity index is 2.05. The fraction of sp³-hybridized carbons (Fsp3) is 0.267. The van der Waals surface area contributed by atoms with Crippen LogP contribution in [-0.2, 0) is 14.3 Å². The number of esters is 1. The van der Waals surface area contributed by atoms with E-state index in [0.29, 0.717) is 10.8 Å². The molecule has 0 bridgehead atoms. The molecule has 1 aromatic carbocycles. The molecule has 0 aliphatic carbocycles. The molecule has 0 spiro atoms. The third-order valence-corrected chi connectivity index (χ3v) is 3.83. The first-order chi connectivity index (χ1) is 10.5. The van der Waals surface area contributed by atoms with E-state index in [1.807, 2.05) is 6.92 Å². The highest BCUT2D eigenvalue weighted by Crippen LogP contribution is 2.30. The van der Waals surface area contributed by atoms with Crippen molar-refractivity contribution in [3.8, 4) is 11.3 Å². The van der Waals surface area contributed by atoms with Crippen LogP contribution in [0.1, 0.15) is 17.7 Å². The maximum Gasteiger partial charge on any atom is 0.306 e. The Bertz CT molecular complexity index is 683. The maximum atomic E-state index is 12.9. The summed E-state index contributed by atoms with van der Waals surface area (Å²) >= 11 is 1.33. The summed E-state index contributed by atoms with van der Waals surface area (Å²) in [6.07, 6.45) is 0.0642. The number of aromatic nitrogens is 1. The van der Waals surface area contributed by atoms with Gasteiger partial charge >= 0.3 is 5.97 Å². The van der Waals surface area contributed by atoms with Crippen LogP contribution in [0.3, 0.4) is 0 Å². The monoisotopic (exact) mass is 322 g/mol. The molecule has 1 amide bonds. The highest BCUT2D eigenvalue weighted by molar-refractivity contribution is 7.16. The number of amides is 1. The number of thiazole rings is 1. The minimum absolute atomic E-state index is 0.0253. The van der Waals surface area contributed by atoms with E-state index < -0.39 is 5.97 Å². The van der Waals surface area contributed by atoms with Gasteiger partial charge in [-0.25, -0.2) is 9.37 Å². The van der Waals surface area contributed by atoms with Gasteiger partial charge in [-0.1, -0.05) is 0 Å². The van der Waals surface area contributed by atoms with E-state index in [-0.39, 0.29) is 24.6 Å². The molecule has 5 nitrogen and oxygen atoms in total. The van der Waals surface area contributed by atoms with Crippen LogP contribution in [0, 0.1) is 12.7 Å². The summed E-state index contributed by atoms with van der Waals surface area (Å²) in [5, 5.41) is 3.10. The molecule has 0 fully saturated rings. The second-order valence-corrected chi connectivity index (χ2v) is 5.76. The maximum absolute atomic E-state index is 12.9. The molecule has 1 aromatic heterocycles. The van der Waals surface area contributed by atoms with Crippen LogP contribution < -0.4 is 5.32 Å². The molecule has 0 unspecified atom stereocenters. The van der Waals surface area contributed by atoms with Gasteiger partial charge in [0.25, 0.3) is 0 Å². The fourth-order valence-corrected chi connectivity index (χ4v) is 2.68. The number of carbonyl (C=O) groups excluding carboxylic acids is 2. The molecule has 2 aromatic rings. The van der Waals surface area contributed by atoms with Gasteiger partial charge < -0.3 is 10.1 Å². The van der Waals surface area contributed by atoms with Gasteiger partial charge in [0.05, 0.1) is 19.2 Å². The molecule has 0 radical (unpaired) electrons. The Kier molecular flexibility index (Phi) is 5.21. The number of benzene rings is 1. The molecular formula is C15H15FN2O3S. The van der Waals surface area contributed by atoms with Crippen LogP contribution >= 0.6 is 11.3 Å². The summed E-state index contributed by atoms with van der Waals surface area (Å²) in [4.78, 5) is 28.0. The van der Waals surface area contributed by atoms with Gasteiger partial charge in [0.15, 0.2) is 5.13 Å². The first-order valence-corrected chi connectivity index (χ1v) is 7.41. The van der Waals surface area contributed by atoms with Crippen LogP contribution in [0.4, 0.5) is 9.52 Å². The van der Waals surface area contributed by atoms with Crippen LogP contribution in [0.5, 0.6) is 0 Å². The van der Waals surface area contributed by atoms with Gasteiger partial charge in [0.2, 0.25) is 5.91 Å². The van der Waals surface area contributed by atoms with E-state index in [0.717, 1.165) is 10.4 Å². The van der Waals surface area contributed by atoms with Crippen molar-refractivity contribution in [2.75, 3.05) is 12.4 Å². The quantitative estimate of drug-likeness (QED) is 0.859. The van der Waals surface area contributed by atoms with Crippen molar-refractivity contribution in [1.29, 1.82) is 0 Å². The van der Waals surface area contributed by atoms with Crippen LogP contribution in [0.25, 0.3) is 11.3 Å². The molecule has 1 heterocycles. The highest BCUT2D eigenvalue weighted by atomic mass is 32.1. The first-order valence-electron chi connectivity index (χ1n) is 6.59. The molecule has 0 saturated carbocycles. The fourth-order valence-electron chi connectivity index (χ4n) is 1.82. The molecular weight excluding hydrogens is 307 g/mol. The van der Waals surface area contributed by atoms with Gasteiger partial charge in [0, 0.05) is 16.9 Å². The Morgan fingerprint density at radius 2 is 1.95 bits per heavy atom. The van der Waals surface area contributed by atoms with Crippen LogP contribution in [0.2, 0.25) is 0 Å². The summed E-state index contributed by atoms with van der Waals surface area (Å²) < 4.78 is 17.4. The van der Waals surface area contributed by atoms with Crippen LogP contribution in [-0.4, -0.2) is 24.0 Å². The van der Waals surface area contributed by atoms with Gasteiger partial charge in [-0.3, -0.25) is 9.59 Å². The van der Waals surface area contributed by atoms with Crippen molar-refractivity contribution < 1.29 is 18.7 Å². The average Bonchev–Trinajstić information content (AvgIpc) is 2.86. The van der Waals surface area contributed by atoms with Gasteiger partial charge in [-0.05, 0) is 31.2 Å². The minimum Gasteiger partial charge on any atom is -0.469 e. The lowest BCUT2D eigenvalue weighted by atomic mass is 10.1. The average molecular weight is 322 g/mol. The normalized spacial score (nSPS) is 10.3. The summed E-state index contributed by atoms with van der Waals surface area (Å²) in [5.41, 5.74) is 1.48. The topological polar surface area (TPSA) is 68.3 Å². The zero-order valence-corrected chi connectivity index (χ0v) is 13.0. The Hall–Kier alpha value is -2.28. The summed E-state index contributed by atoms with van der Waals surface area (Å²) in [7, 11) is 1.28. The summed E-state index contributed by atoms with van der Waals surface area (Å²) in [5.74, 6) is -1.05. The van der Waals surface area contributed by atoms with E-state index in [4.69, 9.17) is 0 Å². The number of nitrogens with one attached hydrogen (secondary N) is 1. The highest BCUT2D eigenvalue weighted by Gasteiger charge is 2.13. The smallest absolute Gasteiger partial charge is 0.306 e. The SMILES string of the molecule is COC(=O)CCC(=O)Nc1nc(-c2ccc(F)cc2)c(C)s1. The van der Waals surface area contributed by atoms with E-state index in [9.17, 15) is 14.0 Å². The number of rotatable bonds is 5. The minimum atomic E-state index is -0.433. The molecule has 0 aliphatic heterocycles. The number of nitrogens with zero attached hydrogens (tertiary/aromatic N) is 1. The second kappa shape index (κ2) is 7.13. The summed E-state index contributed by atoms with van der Waals surface area (Å²) in [6, 6.07) is 6.01. The van der Waals surface area contributed by atoms with E-state index in [2.05, 4.69) is 15.0 Å². The summed E-state index contributed by atoms with van der Waals surface area (Å²) in [6.45, 7) is 1.88. The second-order valence-electron chi connectivity index (χ2n) is 4.56. The molecule has 2 rings (SSSR count). The Labute approximate surface area is 131 Å². The lowest BCUT2D eigenvalue weighted by Gasteiger charge is -2.01. The third-order valence-electron chi connectivity index (χ3n) is 2.94. The van der Waals surface area contributed by atoms with Crippen LogP contribution in [0.15, 0.2) is 24.3 Å². The molecule has 0 aliphatic rings. The zero-order chi connectivity index (χ0) is 16.1. The number of hydrogen-bond acceptors (Lipinski definition) is 5. The molecule has 116 valence electrons. The third kappa shape index (κ3) is 4.11. The van der Waals surface area contributed by atoms with E-state index >= 15 is 0 Å². The van der Waals surface area contributed by atoms with Gasteiger partial charge in [-0.15, -0.1) is 11.3 Å². The van der Waals surface area contributed by atoms with E-state index in [1.165, 1.54) is 30.6 Å². The lowest BCUT2D eigenvalue weighted by Crippen LogP contribution is -2.13. The molecule has 0 saturated heterocycles. The lowest BCUT2D eigenvalue weighted by molar-refractivity contribution is -0.141. The molecule has 7 heteroatoms. The number of hydrogen-bond donors (Lipinski definition) is 1. The number of methoxy groups -OCH3 is 1. The number of halogens is 1. The molecule has 1 N–H and O–H groups in total. The van der Waals surface area contributed by atoms with Crippen molar-refractivity contribution in [2.24, 2.45) is 0 Å². The zero-order valence-electron chi connectivity index (χ0n) is 12.2. The van der Waals surface area contributed by atoms with Crippen molar-refractivity contribution in [3.63, 3.8) is 0 Å². The standard InChI is InChI=1S/C15H15FN2O3S/c1-9-14(10-3-5-11(16)6-4-10)18-15(22-9)17-12(19)7-8-13(20)21-2/h3-6H,7-8H2,1-2H3,(H,17,18,19). The largest absolute Gasteiger partial charge is 0.469 e. The Morgan fingerprint density at radius 1 is 1.27 bits per heavy atom. The van der Waals surface area contributed by atoms with Crippen molar-refractivity contribution in [2.45, 2.75) is 19.8 Å². The number of aryl methyl sites for hydroxylation is 1. The Morgan fingerprint density at radius 3 is 2.59 bits per heavy atom. The van der Waals surface area contributed by atoms with E-state index in [1.54, 1.807) is 12.1 Å². The molecule has 0 atom stereocenters. The predicted molar refractivity (Wildman–Crippen MR) is 82.1 cm³/mol. The van der Waals surface area contributed by atoms with Gasteiger partial charge in [-0.2, -0.15) is 0 Å². The van der Waals surface area contributed by atoms with Crippen molar-refractivity contribution in [3.05, 3.63) is 35.0 Å².